The summed E-state index contributed by atoms with van der Waals surface area (Å²) in [4.78, 5) is 0. The van der Waals surface area contributed by atoms with Crippen molar-refractivity contribution in [3.05, 3.63) is 0 Å². The SMILES string of the molecule is CCCCCC(C)(O)C1CCC1. The average molecular weight is 170 g/mol. The highest BCUT2D eigenvalue weighted by molar-refractivity contribution is 4.87. The van der Waals surface area contributed by atoms with Crippen LogP contribution in [0, 0.1) is 5.92 Å². The average Bonchev–Trinajstić information content (AvgIpc) is 1.82. The summed E-state index contributed by atoms with van der Waals surface area (Å²) in [5.74, 6) is 0.606. The molecule has 0 saturated heterocycles. The molecule has 0 aromatic heterocycles. The van der Waals surface area contributed by atoms with Gasteiger partial charge in [0.05, 0.1) is 5.60 Å². The minimum atomic E-state index is -0.354. The quantitative estimate of drug-likeness (QED) is 0.628. The molecule has 0 aromatic carbocycles. The van der Waals surface area contributed by atoms with Gasteiger partial charge in [-0.25, -0.2) is 0 Å². The summed E-state index contributed by atoms with van der Waals surface area (Å²) in [5.41, 5.74) is -0.354. The first-order valence-electron chi connectivity index (χ1n) is 5.39. The lowest BCUT2D eigenvalue weighted by Crippen LogP contribution is -2.38. The highest BCUT2D eigenvalue weighted by Gasteiger charge is 2.35. The van der Waals surface area contributed by atoms with Crippen molar-refractivity contribution in [3.63, 3.8) is 0 Å². The zero-order valence-corrected chi connectivity index (χ0v) is 8.47. The maximum absolute atomic E-state index is 10.1. The number of rotatable bonds is 5. The van der Waals surface area contributed by atoms with E-state index in [1.54, 1.807) is 0 Å². The Morgan fingerprint density at radius 2 is 2.00 bits per heavy atom. The first-order valence-corrected chi connectivity index (χ1v) is 5.39. The summed E-state index contributed by atoms with van der Waals surface area (Å²) in [5, 5.41) is 10.1. The third kappa shape index (κ3) is 2.48. The van der Waals surface area contributed by atoms with Gasteiger partial charge in [-0.05, 0) is 32.1 Å². The van der Waals surface area contributed by atoms with Crippen LogP contribution >= 0.6 is 0 Å². The molecule has 1 heteroatoms. The zero-order valence-electron chi connectivity index (χ0n) is 8.47. The molecule has 1 nitrogen and oxygen atoms in total. The van der Waals surface area contributed by atoms with Crippen LogP contribution < -0.4 is 0 Å². The van der Waals surface area contributed by atoms with E-state index in [-0.39, 0.29) is 5.60 Å². The number of hydrogen-bond donors (Lipinski definition) is 1. The van der Waals surface area contributed by atoms with Gasteiger partial charge in [0.1, 0.15) is 0 Å². The van der Waals surface area contributed by atoms with E-state index in [9.17, 15) is 5.11 Å². The molecule has 1 N–H and O–H groups in total. The summed E-state index contributed by atoms with van der Waals surface area (Å²) >= 11 is 0. The zero-order chi connectivity index (χ0) is 9.03. The standard InChI is InChI=1S/C11H22O/c1-3-4-5-9-11(2,12)10-7-6-8-10/h10,12H,3-9H2,1-2H3. The molecule has 1 unspecified atom stereocenters. The maximum Gasteiger partial charge on any atom is 0.0647 e. The van der Waals surface area contributed by atoms with Gasteiger partial charge in [-0.2, -0.15) is 0 Å². The fraction of sp³-hybridized carbons (Fsp3) is 1.00. The van der Waals surface area contributed by atoms with Crippen LogP contribution in [0.2, 0.25) is 0 Å². The molecule has 0 aliphatic heterocycles. The van der Waals surface area contributed by atoms with Gasteiger partial charge < -0.3 is 5.11 Å². The van der Waals surface area contributed by atoms with Gasteiger partial charge in [-0.15, -0.1) is 0 Å². The molecule has 12 heavy (non-hydrogen) atoms. The van der Waals surface area contributed by atoms with Crippen LogP contribution in [0.1, 0.15) is 58.8 Å². The molecular weight excluding hydrogens is 148 g/mol. The fourth-order valence-electron chi connectivity index (χ4n) is 1.97. The Labute approximate surface area is 76.2 Å². The van der Waals surface area contributed by atoms with Crippen LogP contribution in [0.3, 0.4) is 0 Å². The first-order chi connectivity index (χ1) is 5.67. The predicted molar refractivity (Wildman–Crippen MR) is 52.1 cm³/mol. The summed E-state index contributed by atoms with van der Waals surface area (Å²) in [6.07, 6.45) is 8.54. The topological polar surface area (TPSA) is 20.2 Å². The molecule has 0 aromatic rings. The second-order valence-electron chi connectivity index (χ2n) is 4.44. The van der Waals surface area contributed by atoms with Crippen molar-refractivity contribution in [3.8, 4) is 0 Å². The van der Waals surface area contributed by atoms with Crippen LogP contribution in [0.25, 0.3) is 0 Å². The van der Waals surface area contributed by atoms with E-state index in [1.165, 1.54) is 38.5 Å². The Kier molecular flexibility index (Phi) is 3.57. The first kappa shape index (κ1) is 10.0. The Hall–Kier alpha value is -0.0400. The van der Waals surface area contributed by atoms with Gasteiger partial charge in [0, 0.05) is 0 Å². The lowest BCUT2D eigenvalue weighted by atomic mass is 9.72. The molecule has 1 aliphatic carbocycles. The summed E-state index contributed by atoms with van der Waals surface area (Å²) in [6, 6.07) is 0. The Bertz CT molecular complexity index is 125. The number of unbranched alkanes of at least 4 members (excludes halogenated alkanes) is 2. The van der Waals surface area contributed by atoms with Crippen molar-refractivity contribution >= 4 is 0 Å². The Balaban J connectivity index is 2.17. The van der Waals surface area contributed by atoms with E-state index in [4.69, 9.17) is 0 Å². The Morgan fingerprint density at radius 3 is 2.42 bits per heavy atom. The van der Waals surface area contributed by atoms with Crippen LogP contribution in [0.5, 0.6) is 0 Å². The molecule has 1 aliphatic rings. The number of aliphatic hydroxyl groups is 1. The molecule has 0 radical (unpaired) electrons. The van der Waals surface area contributed by atoms with Gasteiger partial charge in [0.2, 0.25) is 0 Å². The van der Waals surface area contributed by atoms with Crippen molar-refractivity contribution in [2.45, 2.75) is 64.4 Å². The second-order valence-corrected chi connectivity index (χ2v) is 4.44. The molecular formula is C11H22O. The highest BCUT2D eigenvalue weighted by atomic mass is 16.3. The van der Waals surface area contributed by atoms with Crippen molar-refractivity contribution in [2.75, 3.05) is 0 Å². The van der Waals surface area contributed by atoms with Crippen LogP contribution in [0.4, 0.5) is 0 Å². The van der Waals surface area contributed by atoms with Gasteiger partial charge in [0.15, 0.2) is 0 Å². The minimum absolute atomic E-state index is 0.354. The molecule has 0 bridgehead atoms. The monoisotopic (exact) mass is 170 g/mol. The van der Waals surface area contributed by atoms with Gasteiger partial charge in [-0.3, -0.25) is 0 Å². The Morgan fingerprint density at radius 1 is 1.33 bits per heavy atom. The molecule has 1 saturated carbocycles. The maximum atomic E-state index is 10.1. The van der Waals surface area contributed by atoms with Crippen LogP contribution in [-0.4, -0.2) is 10.7 Å². The minimum Gasteiger partial charge on any atom is -0.390 e. The third-order valence-corrected chi connectivity index (χ3v) is 3.27. The molecule has 0 spiro atoms. The van der Waals surface area contributed by atoms with E-state index >= 15 is 0 Å². The van der Waals surface area contributed by atoms with Crippen LogP contribution in [-0.2, 0) is 0 Å². The third-order valence-electron chi connectivity index (χ3n) is 3.27. The molecule has 1 atom stereocenters. The summed E-state index contributed by atoms with van der Waals surface area (Å²) in [7, 11) is 0. The normalized spacial score (nSPS) is 23.2. The fourth-order valence-corrected chi connectivity index (χ4v) is 1.97. The molecule has 0 amide bonds. The number of hydrogen-bond acceptors (Lipinski definition) is 1. The van der Waals surface area contributed by atoms with E-state index < -0.39 is 0 Å². The molecule has 0 heterocycles. The lowest BCUT2D eigenvalue weighted by molar-refractivity contribution is -0.0426. The van der Waals surface area contributed by atoms with E-state index in [1.807, 2.05) is 6.92 Å². The second kappa shape index (κ2) is 4.27. The largest absolute Gasteiger partial charge is 0.390 e. The van der Waals surface area contributed by atoms with Gasteiger partial charge in [-0.1, -0.05) is 32.6 Å². The summed E-state index contributed by atoms with van der Waals surface area (Å²) < 4.78 is 0. The van der Waals surface area contributed by atoms with Crippen molar-refractivity contribution in [2.24, 2.45) is 5.92 Å². The van der Waals surface area contributed by atoms with E-state index in [0.29, 0.717) is 5.92 Å². The molecule has 1 fully saturated rings. The molecule has 72 valence electrons. The smallest absolute Gasteiger partial charge is 0.0647 e. The highest BCUT2D eigenvalue weighted by Crippen LogP contribution is 2.38. The van der Waals surface area contributed by atoms with Crippen molar-refractivity contribution in [1.29, 1.82) is 0 Å². The van der Waals surface area contributed by atoms with E-state index in [2.05, 4.69) is 6.92 Å². The van der Waals surface area contributed by atoms with Gasteiger partial charge in [0.25, 0.3) is 0 Å². The van der Waals surface area contributed by atoms with Crippen molar-refractivity contribution < 1.29 is 5.11 Å². The summed E-state index contributed by atoms with van der Waals surface area (Å²) in [6.45, 7) is 4.23. The molecule has 1 rings (SSSR count). The van der Waals surface area contributed by atoms with Gasteiger partial charge >= 0.3 is 0 Å². The van der Waals surface area contributed by atoms with Crippen LogP contribution in [0.15, 0.2) is 0 Å². The predicted octanol–water partition coefficient (Wildman–Crippen LogP) is 3.12. The van der Waals surface area contributed by atoms with E-state index in [0.717, 1.165) is 6.42 Å². The lowest BCUT2D eigenvalue weighted by Gasteiger charge is -2.39. The van der Waals surface area contributed by atoms with Crippen molar-refractivity contribution in [1.82, 2.24) is 0 Å².